The number of rotatable bonds is 4. The van der Waals surface area contributed by atoms with Crippen LogP contribution in [0, 0.1) is 11.6 Å². The van der Waals surface area contributed by atoms with Gasteiger partial charge in [0.25, 0.3) is 11.8 Å². The summed E-state index contributed by atoms with van der Waals surface area (Å²) in [6, 6.07) is 7.11. The van der Waals surface area contributed by atoms with Crippen LogP contribution in [-0.2, 0) is 9.59 Å². The number of imide groups is 1. The van der Waals surface area contributed by atoms with Crippen LogP contribution in [-0.4, -0.2) is 17.1 Å². The van der Waals surface area contributed by atoms with Gasteiger partial charge in [0.1, 0.15) is 11.6 Å². The van der Waals surface area contributed by atoms with Gasteiger partial charge in [0, 0.05) is 21.9 Å². The summed E-state index contributed by atoms with van der Waals surface area (Å²) in [6.45, 7) is 3.70. The van der Waals surface area contributed by atoms with Gasteiger partial charge in [-0.15, -0.1) is 11.8 Å². The van der Waals surface area contributed by atoms with E-state index in [1.165, 1.54) is 18.2 Å². The molecule has 1 aliphatic heterocycles. The first-order valence-electron chi connectivity index (χ1n) is 7.91. The largest absolute Gasteiger partial charge is 0.272 e. The molecule has 2 amide bonds. The normalized spacial score (nSPS) is 14.7. The van der Waals surface area contributed by atoms with Crippen molar-refractivity contribution in [3.8, 4) is 0 Å². The molecular formula is C19H13Cl2F2NO2S. The highest BCUT2D eigenvalue weighted by Crippen LogP contribution is 2.42. The predicted octanol–water partition coefficient (Wildman–Crippen LogP) is 5.70. The molecule has 0 saturated heterocycles. The van der Waals surface area contributed by atoms with Crippen LogP contribution in [0.4, 0.5) is 14.5 Å². The molecule has 0 radical (unpaired) electrons. The topological polar surface area (TPSA) is 37.4 Å². The first-order valence-corrected chi connectivity index (χ1v) is 9.54. The summed E-state index contributed by atoms with van der Waals surface area (Å²) >= 11 is 13.3. The fraction of sp³-hybridized carbons (Fsp3) is 0.158. The molecule has 0 aromatic heterocycles. The summed E-state index contributed by atoms with van der Waals surface area (Å²) in [4.78, 5) is 26.8. The number of anilines is 1. The van der Waals surface area contributed by atoms with Crippen LogP contribution in [0.25, 0.3) is 5.57 Å². The van der Waals surface area contributed by atoms with E-state index in [-0.39, 0.29) is 20.8 Å². The molecule has 0 atom stereocenters. The molecule has 140 valence electrons. The molecule has 2 aromatic rings. The van der Waals surface area contributed by atoms with Gasteiger partial charge in [-0.25, -0.2) is 13.7 Å². The molecule has 2 aromatic carbocycles. The number of amides is 2. The Kier molecular flexibility index (Phi) is 5.60. The van der Waals surface area contributed by atoms with Gasteiger partial charge in [-0.3, -0.25) is 9.59 Å². The first-order chi connectivity index (χ1) is 12.7. The lowest BCUT2D eigenvalue weighted by Crippen LogP contribution is -2.32. The number of hydrogen-bond acceptors (Lipinski definition) is 3. The lowest BCUT2D eigenvalue weighted by Gasteiger charge is -2.16. The van der Waals surface area contributed by atoms with Crippen molar-refractivity contribution >= 4 is 58.0 Å². The molecule has 8 heteroatoms. The third kappa shape index (κ3) is 3.74. The van der Waals surface area contributed by atoms with Crippen molar-refractivity contribution < 1.29 is 18.4 Å². The molecule has 0 fully saturated rings. The minimum Gasteiger partial charge on any atom is -0.268 e. The molecule has 0 N–H and O–H groups in total. The molecule has 3 nitrogen and oxygen atoms in total. The van der Waals surface area contributed by atoms with Gasteiger partial charge in [0.15, 0.2) is 0 Å². The van der Waals surface area contributed by atoms with Gasteiger partial charge in [-0.05, 0) is 24.3 Å². The van der Waals surface area contributed by atoms with E-state index in [4.69, 9.17) is 23.2 Å². The Bertz CT molecular complexity index is 992. The van der Waals surface area contributed by atoms with E-state index < -0.39 is 29.1 Å². The second kappa shape index (κ2) is 7.62. The van der Waals surface area contributed by atoms with Crippen LogP contribution in [0.1, 0.15) is 19.4 Å². The van der Waals surface area contributed by atoms with Crippen LogP contribution >= 0.6 is 35.0 Å². The number of carbonyl (C=O) groups excluding carboxylic acids is 2. The van der Waals surface area contributed by atoms with Crippen LogP contribution in [0.3, 0.4) is 0 Å². The van der Waals surface area contributed by atoms with Gasteiger partial charge in [0.05, 0.1) is 21.2 Å². The van der Waals surface area contributed by atoms with Crippen molar-refractivity contribution in [2.45, 2.75) is 19.1 Å². The van der Waals surface area contributed by atoms with Gasteiger partial charge >= 0.3 is 0 Å². The van der Waals surface area contributed by atoms with E-state index in [0.717, 1.165) is 30.0 Å². The second-order valence-electron chi connectivity index (χ2n) is 6.04. The van der Waals surface area contributed by atoms with E-state index in [1.807, 2.05) is 13.8 Å². The van der Waals surface area contributed by atoms with Crippen LogP contribution in [0.2, 0.25) is 10.0 Å². The smallest absolute Gasteiger partial charge is 0.268 e. The van der Waals surface area contributed by atoms with Gasteiger partial charge in [0.2, 0.25) is 0 Å². The van der Waals surface area contributed by atoms with Crippen LogP contribution in [0.5, 0.6) is 0 Å². The highest BCUT2D eigenvalue weighted by molar-refractivity contribution is 8.04. The number of benzene rings is 2. The van der Waals surface area contributed by atoms with Crippen molar-refractivity contribution in [2.75, 3.05) is 4.90 Å². The quantitative estimate of drug-likeness (QED) is 0.587. The predicted molar refractivity (Wildman–Crippen MR) is 105 cm³/mol. The lowest BCUT2D eigenvalue weighted by atomic mass is 10.1. The fourth-order valence-electron chi connectivity index (χ4n) is 2.66. The van der Waals surface area contributed by atoms with E-state index in [2.05, 4.69) is 0 Å². The van der Waals surface area contributed by atoms with E-state index in [0.29, 0.717) is 15.5 Å². The van der Waals surface area contributed by atoms with Crippen LogP contribution < -0.4 is 4.90 Å². The molecule has 0 aliphatic carbocycles. The van der Waals surface area contributed by atoms with Crippen molar-refractivity contribution in [3.05, 3.63) is 68.5 Å². The van der Waals surface area contributed by atoms with Crippen LogP contribution in [0.15, 0.2) is 41.3 Å². The number of hydrogen-bond donors (Lipinski definition) is 0. The zero-order chi connectivity index (χ0) is 19.9. The average molecular weight is 428 g/mol. The van der Waals surface area contributed by atoms with E-state index in [9.17, 15) is 18.4 Å². The van der Waals surface area contributed by atoms with Crippen molar-refractivity contribution in [1.29, 1.82) is 0 Å². The Balaban J connectivity index is 2.19. The van der Waals surface area contributed by atoms with E-state index in [1.54, 1.807) is 0 Å². The number of carbonyl (C=O) groups is 2. The van der Waals surface area contributed by atoms with Crippen molar-refractivity contribution in [2.24, 2.45) is 0 Å². The Morgan fingerprint density at radius 3 is 2.33 bits per heavy atom. The summed E-state index contributed by atoms with van der Waals surface area (Å²) in [5.74, 6) is -3.13. The maximum absolute atomic E-state index is 14.2. The summed E-state index contributed by atoms with van der Waals surface area (Å²) < 4.78 is 27.9. The number of halogens is 4. The van der Waals surface area contributed by atoms with Crippen molar-refractivity contribution in [3.63, 3.8) is 0 Å². The first kappa shape index (κ1) is 19.9. The Labute approximate surface area is 168 Å². The molecule has 0 saturated carbocycles. The molecule has 0 unspecified atom stereocenters. The minimum absolute atomic E-state index is 0.0323. The molecular weight excluding hydrogens is 415 g/mol. The van der Waals surface area contributed by atoms with Gasteiger partial charge in [-0.1, -0.05) is 43.1 Å². The van der Waals surface area contributed by atoms with E-state index >= 15 is 0 Å². The fourth-order valence-corrected chi connectivity index (χ4v) is 4.14. The number of thioether (sulfide) groups is 1. The van der Waals surface area contributed by atoms with Gasteiger partial charge in [-0.2, -0.15) is 0 Å². The average Bonchev–Trinajstić information content (AvgIpc) is 2.81. The summed E-state index contributed by atoms with van der Waals surface area (Å²) in [5.41, 5.74) is -0.0853. The maximum atomic E-state index is 14.2. The molecule has 0 bridgehead atoms. The molecule has 1 aliphatic rings. The Morgan fingerprint density at radius 2 is 1.70 bits per heavy atom. The summed E-state index contributed by atoms with van der Waals surface area (Å²) in [6.07, 6.45) is 0. The number of nitrogens with zero attached hydrogens (tertiary/aromatic N) is 1. The standard InChI is InChI=1S/C19H13Cl2F2NO2S/c1-9(2)27-17-16(12-5-3-10(20)7-13(12)21)18(25)24(19(17)26)15-8-11(22)4-6-14(15)23/h3-9H,1-2H3. The monoisotopic (exact) mass is 427 g/mol. The second-order valence-corrected chi connectivity index (χ2v) is 8.47. The molecule has 1 heterocycles. The molecule has 27 heavy (non-hydrogen) atoms. The highest BCUT2D eigenvalue weighted by Gasteiger charge is 2.42. The third-order valence-electron chi connectivity index (χ3n) is 3.74. The Morgan fingerprint density at radius 1 is 1.00 bits per heavy atom. The molecule has 0 spiro atoms. The Hall–Kier alpha value is -1.89. The zero-order valence-electron chi connectivity index (χ0n) is 14.2. The van der Waals surface area contributed by atoms with Crippen molar-refractivity contribution in [1.82, 2.24) is 0 Å². The zero-order valence-corrected chi connectivity index (χ0v) is 16.6. The third-order valence-corrected chi connectivity index (χ3v) is 5.38. The highest BCUT2D eigenvalue weighted by atomic mass is 35.5. The maximum Gasteiger partial charge on any atom is 0.272 e. The SMILES string of the molecule is CC(C)SC1=C(c2ccc(Cl)cc2Cl)C(=O)N(c2cc(F)ccc2F)C1=O. The van der Waals surface area contributed by atoms with Gasteiger partial charge < -0.3 is 0 Å². The minimum atomic E-state index is -0.879. The lowest BCUT2D eigenvalue weighted by molar-refractivity contribution is -0.119. The summed E-state index contributed by atoms with van der Waals surface area (Å²) in [7, 11) is 0. The molecule has 3 rings (SSSR count). The summed E-state index contributed by atoms with van der Waals surface area (Å²) in [5, 5.41) is 0.518.